The summed E-state index contributed by atoms with van der Waals surface area (Å²) >= 11 is 0. The Labute approximate surface area is 821 Å². The molecule has 6 bridgehead atoms. The molecule has 10 fully saturated rings. The maximum Gasteiger partial charge on any atom is 0.428 e. The molecule has 2 saturated heterocycles. The summed E-state index contributed by atoms with van der Waals surface area (Å²) in [5.74, 6) is 2.51. The number of aromatic hydroxyl groups is 2. The van der Waals surface area contributed by atoms with Gasteiger partial charge >= 0.3 is 47.0 Å². The van der Waals surface area contributed by atoms with E-state index in [4.69, 9.17) is 38.6 Å². The van der Waals surface area contributed by atoms with Gasteiger partial charge in [-0.15, -0.1) is 0 Å². The Morgan fingerprint density at radius 3 is 1.43 bits per heavy atom. The van der Waals surface area contributed by atoms with Crippen LogP contribution in [0.25, 0.3) is 10.8 Å². The van der Waals surface area contributed by atoms with Crippen molar-refractivity contribution in [2.75, 3.05) is 37.9 Å². The Morgan fingerprint density at radius 2 is 1.00 bits per heavy atom. The molecule has 0 radical (unpaired) electrons. The lowest BCUT2D eigenvalue weighted by Gasteiger charge is -2.59. The average Bonchev–Trinajstić information content (AvgIpc) is 1.56. The molecule has 10 aliphatic rings. The number of phenols is 2. The number of benzene rings is 4. The molecule has 0 aromatic heterocycles. The van der Waals surface area contributed by atoms with Crippen molar-refractivity contribution in [1.82, 2.24) is 0 Å². The van der Waals surface area contributed by atoms with Crippen molar-refractivity contribution in [3.05, 3.63) is 96.1 Å². The maximum atomic E-state index is 12.7. The highest BCUT2D eigenvalue weighted by molar-refractivity contribution is 7.97. The highest BCUT2D eigenvalue weighted by atomic mass is 32.2. The molecule has 14 rings (SSSR count). The van der Waals surface area contributed by atoms with Gasteiger partial charge in [-0.05, 0) is 280 Å². The van der Waals surface area contributed by atoms with Crippen LogP contribution >= 0.6 is 0 Å². The van der Waals surface area contributed by atoms with Crippen LogP contribution in [0.2, 0.25) is 0 Å². The smallest absolute Gasteiger partial charge is 0.428 e. The quantitative estimate of drug-likeness (QED) is 0.0164. The second-order valence-electron chi connectivity index (χ2n) is 38.2. The molecular formula is C109H189F2NO21S2. The maximum absolute atomic E-state index is 12.7. The Balaban J connectivity index is -0.000000360. The Hall–Kier alpha value is -7.60. The minimum atomic E-state index is -6.15. The zero-order valence-corrected chi connectivity index (χ0v) is 77.7. The molecule has 8 aliphatic carbocycles. The van der Waals surface area contributed by atoms with Crippen molar-refractivity contribution >= 4 is 73.6 Å². The average molecular weight is 1950 g/mol. The van der Waals surface area contributed by atoms with Gasteiger partial charge in [-0.1, -0.05) is 213 Å². The monoisotopic (exact) mass is 1950 g/mol. The number of nitriles is 1. The first-order valence-electron chi connectivity index (χ1n) is 45.0. The van der Waals surface area contributed by atoms with E-state index in [1.807, 2.05) is 72.7 Å². The SMILES string of the molecule is C.C.C.C.C.C.C.C.C.C.C.C.CCC(C)(C)C(=O)OC12CC3CC(CC(O)(C3)C1)C2.CCC(C)(C)C(=O)OCC(=O)OC1C2CC3C1OC(=O)C3(C#N)C2.CCC(C)(C)C(=O)OCCOC(=O)C(F)(F)S(=O)(=O)[O-].CCC(C)c1ccc(O)cc1.CCC(C)c1ccc(O)cc1.CCC1(OC(=O)C(C)(C)CC)CCCC1.c1ccc2c([S+]3CCCC3)ccc(OCC3CCCCC3)c2c1. The van der Waals surface area contributed by atoms with Crippen LogP contribution in [0.5, 0.6) is 17.2 Å². The number of ether oxygens (including phenoxy) is 8. The summed E-state index contributed by atoms with van der Waals surface area (Å²) in [6, 6.07) is 30.4. The van der Waals surface area contributed by atoms with E-state index in [9.17, 15) is 65.7 Å². The number of aliphatic hydroxyl groups is 1. The van der Waals surface area contributed by atoms with Crippen LogP contribution in [-0.2, 0) is 87.7 Å². The summed E-state index contributed by atoms with van der Waals surface area (Å²) < 4.78 is 98.0. The fraction of sp³-hybridized carbons (Fsp3) is 0.725. The van der Waals surface area contributed by atoms with E-state index in [2.05, 4.69) is 86.6 Å². The number of carbonyl (C=O) groups excluding carboxylic acids is 7. The van der Waals surface area contributed by atoms with Crippen LogP contribution in [0.4, 0.5) is 8.78 Å². The van der Waals surface area contributed by atoms with Gasteiger partial charge in [0.15, 0.2) is 27.0 Å². The predicted molar refractivity (Wildman–Crippen MR) is 549 cm³/mol. The minimum Gasteiger partial charge on any atom is -0.743 e. The lowest BCUT2D eigenvalue weighted by Crippen LogP contribution is -2.61. The summed E-state index contributed by atoms with van der Waals surface area (Å²) in [6.45, 7) is 32.1. The third-order valence-electron chi connectivity index (χ3n) is 27.5. The van der Waals surface area contributed by atoms with Crippen molar-refractivity contribution < 1.29 is 109 Å². The van der Waals surface area contributed by atoms with Crippen LogP contribution in [0.3, 0.4) is 0 Å². The van der Waals surface area contributed by atoms with E-state index in [0.29, 0.717) is 78.2 Å². The fourth-order valence-corrected chi connectivity index (χ4v) is 20.4. The first-order valence-corrected chi connectivity index (χ1v) is 47.9. The molecule has 0 spiro atoms. The Bertz CT molecular complexity index is 4250. The van der Waals surface area contributed by atoms with Crippen LogP contribution < -0.4 is 4.74 Å². The number of phenolic OH excluding ortho intramolecular Hbond substituents is 2. The van der Waals surface area contributed by atoms with Crippen molar-refractivity contribution in [2.24, 2.45) is 56.7 Å². The molecule has 2 heterocycles. The zero-order valence-electron chi connectivity index (χ0n) is 76.1. The minimum absolute atomic E-state index is 0. The fourth-order valence-electron chi connectivity index (χ4n) is 17.6. The third-order valence-corrected chi connectivity index (χ3v) is 30.8. The van der Waals surface area contributed by atoms with Gasteiger partial charge in [-0.25, -0.2) is 18.0 Å². The van der Waals surface area contributed by atoms with E-state index < -0.39 is 105 Å². The largest absolute Gasteiger partial charge is 0.743 e. The van der Waals surface area contributed by atoms with Gasteiger partial charge in [0.1, 0.15) is 65.4 Å². The summed E-state index contributed by atoms with van der Waals surface area (Å²) in [4.78, 5) is 84.0. The number of fused-ring (bicyclic) bond motifs is 2. The number of carbonyl (C=O) groups is 7. The molecule has 8 saturated carbocycles. The lowest BCUT2D eigenvalue weighted by atomic mass is 9.52. The Kier molecular flexibility index (Phi) is 61.1. The topological polar surface area (TPSA) is 335 Å². The van der Waals surface area contributed by atoms with Crippen molar-refractivity contribution in [2.45, 2.75) is 425 Å². The van der Waals surface area contributed by atoms with Gasteiger partial charge in [-0.2, -0.15) is 14.0 Å². The summed E-state index contributed by atoms with van der Waals surface area (Å²) in [5.41, 5.74) is -1.69. The number of hydrogen-bond acceptors (Lipinski definition) is 22. The molecule has 26 heteroatoms. The van der Waals surface area contributed by atoms with Gasteiger partial charge in [0.2, 0.25) is 0 Å². The molecule has 9 atom stereocenters. The number of halogens is 2. The molecule has 3 N–H and O–H groups in total. The Morgan fingerprint density at radius 1 is 0.563 bits per heavy atom. The molecule has 2 aliphatic heterocycles. The van der Waals surface area contributed by atoms with Gasteiger partial charge in [0.05, 0.1) is 39.9 Å². The van der Waals surface area contributed by atoms with E-state index in [0.717, 1.165) is 88.9 Å². The molecule has 0 amide bonds. The normalized spacial score (nSPS) is 22.4. The summed E-state index contributed by atoms with van der Waals surface area (Å²) in [5, 5.41) is 35.6. The second kappa shape index (κ2) is 59.7. The van der Waals surface area contributed by atoms with Crippen molar-refractivity contribution in [3.8, 4) is 23.3 Å². The summed E-state index contributed by atoms with van der Waals surface area (Å²) in [7, 11) is -5.69. The molecule has 9 unspecified atom stereocenters. The standard InChI is InChI=1S/C21H27OS.C17H21NO6.C16H26O3.C13H24O2.C10H16F2O7S.2C10H14O.12CH4/c1-2-8-17(9-3-1)16-22-20-12-13-21(23-14-6-7-15-23)19-11-5-4-10-18(19)20;1-4-16(2,3)14(20)22-7-11(19)23-12-9-5-10-13(12)24-15(21)17(10,6-9)8-18;1-4-14(2,3)13(17)19-16-8-11-5-12(9-16)7-15(18,6-11)10-16;1-5-12(3,4)11(14)15-13(6-2)9-7-8-10-13;1-4-9(2,3)7(13)18-5-6-19-8(14)10(11,12)20(15,16)17;2*1-3-8(2)9-4-6-10(11)7-5-9;;;;;;;;;;;;/h4-5,10-13,17H,1-3,6-9,14-16H2;9-10,12-13H,4-7H2,1-3H3;11-12,18H,4-10H2,1-3H3;5-10H2,1-4H3;4-6H2,1-3H3,(H,15,16,17);2*4-8,11H,3H2,1-2H3;12*1H4/q+1;;;;;;;;;;;;;;;;;;/p-1. The van der Waals surface area contributed by atoms with Crippen molar-refractivity contribution in [3.63, 3.8) is 0 Å². The molecule has 4 aromatic carbocycles. The van der Waals surface area contributed by atoms with Crippen LogP contribution in [0.1, 0.15) is 397 Å². The molecule has 782 valence electrons. The number of esters is 7. The van der Waals surface area contributed by atoms with Crippen LogP contribution in [0.15, 0.2) is 89.8 Å². The van der Waals surface area contributed by atoms with E-state index in [-0.39, 0.29) is 130 Å². The highest BCUT2D eigenvalue weighted by Crippen LogP contribution is 2.63. The number of rotatable bonds is 27. The predicted octanol–water partition coefficient (Wildman–Crippen LogP) is 27.8. The van der Waals surface area contributed by atoms with Crippen molar-refractivity contribution in [1.29, 1.82) is 5.26 Å². The first-order chi connectivity index (χ1) is 57.7. The van der Waals surface area contributed by atoms with Gasteiger partial charge in [0, 0.05) is 39.9 Å². The summed E-state index contributed by atoms with van der Waals surface area (Å²) in [6.07, 6.45) is 25.7. The molecular weight excluding hydrogens is 1760 g/mol. The van der Waals surface area contributed by atoms with Gasteiger partial charge in [0.25, 0.3) is 0 Å². The molecule has 135 heavy (non-hydrogen) atoms. The van der Waals surface area contributed by atoms with Gasteiger partial charge < -0.3 is 57.8 Å². The van der Waals surface area contributed by atoms with E-state index in [1.54, 1.807) is 63.8 Å². The van der Waals surface area contributed by atoms with Crippen LogP contribution in [-0.4, -0.2) is 142 Å². The second-order valence-corrected chi connectivity index (χ2v) is 41.9. The van der Waals surface area contributed by atoms with E-state index in [1.165, 1.54) is 97.6 Å². The number of alkyl halides is 2. The van der Waals surface area contributed by atoms with Gasteiger partial charge in [-0.3, -0.25) is 24.0 Å². The molecule has 4 aromatic rings. The first kappa shape index (κ1) is 138. The third kappa shape index (κ3) is 36.5. The van der Waals surface area contributed by atoms with E-state index >= 15 is 0 Å². The highest BCUT2D eigenvalue weighted by Gasteiger charge is 2.72. The number of hydrogen-bond donors (Lipinski definition) is 3. The lowest BCUT2D eigenvalue weighted by molar-refractivity contribution is -0.225. The van der Waals surface area contributed by atoms with Crippen LogP contribution in [0, 0.1) is 68.0 Å². The number of nitrogens with zero attached hydrogens (tertiary/aromatic N) is 1. The molecule has 22 nitrogen and oxygen atoms in total. The zero-order chi connectivity index (χ0) is 91.3.